The molecule has 0 atom stereocenters. The zero-order chi connectivity index (χ0) is 16.5. The molecule has 130 valence electrons. The summed E-state index contributed by atoms with van der Waals surface area (Å²) in [6, 6.07) is 11.3. The minimum Gasteiger partial charge on any atom is -0.469 e. The van der Waals surface area contributed by atoms with Gasteiger partial charge in [-0.2, -0.15) is 0 Å². The van der Waals surface area contributed by atoms with Crippen LogP contribution in [0.1, 0.15) is 21.7 Å². The fourth-order valence-corrected chi connectivity index (χ4v) is 2.08. The molecule has 0 bridgehead atoms. The van der Waals surface area contributed by atoms with Crippen LogP contribution < -0.4 is 16.0 Å². The van der Waals surface area contributed by atoms with Crippen molar-refractivity contribution in [3.63, 3.8) is 0 Å². The fourth-order valence-electron chi connectivity index (χ4n) is 2.08. The Kier molecular flexibility index (Phi) is 8.92. The molecule has 0 unspecified atom stereocenters. The third-order valence-electron chi connectivity index (χ3n) is 3.37. The Morgan fingerprint density at radius 2 is 1.92 bits per heavy atom. The van der Waals surface area contributed by atoms with Gasteiger partial charge in [-0.15, -0.1) is 24.0 Å². The highest BCUT2D eigenvalue weighted by atomic mass is 127. The predicted octanol–water partition coefficient (Wildman–Crippen LogP) is 2.16. The van der Waals surface area contributed by atoms with Crippen molar-refractivity contribution < 1.29 is 9.21 Å². The molecular weight excluding hydrogens is 419 g/mol. The number of hydrogen-bond donors (Lipinski definition) is 3. The molecule has 2 rings (SSSR count). The van der Waals surface area contributed by atoms with Crippen molar-refractivity contribution in [2.75, 3.05) is 20.6 Å². The van der Waals surface area contributed by atoms with Crippen molar-refractivity contribution in [1.29, 1.82) is 0 Å². The SMILES string of the molecule is CN=C(NCCc1ccco1)NCc1ccc(C(=O)NC)cc1.I. The normalized spacial score (nSPS) is 10.7. The topological polar surface area (TPSA) is 78.7 Å². The van der Waals surface area contributed by atoms with E-state index in [0.717, 1.165) is 30.2 Å². The van der Waals surface area contributed by atoms with Gasteiger partial charge in [0.25, 0.3) is 5.91 Å². The molecule has 0 saturated carbocycles. The van der Waals surface area contributed by atoms with E-state index in [0.29, 0.717) is 12.1 Å². The molecule has 0 fully saturated rings. The Balaban J connectivity index is 0.00000288. The Bertz CT molecular complexity index is 639. The van der Waals surface area contributed by atoms with Gasteiger partial charge >= 0.3 is 0 Å². The first-order valence-corrected chi connectivity index (χ1v) is 7.51. The van der Waals surface area contributed by atoms with Crippen LogP contribution >= 0.6 is 24.0 Å². The van der Waals surface area contributed by atoms with Crippen LogP contribution in [0.3, 0.4) is 0 Å². The number of carbonyl (C=O) groups excluding carboxylic acids is 1. The minimum absolute atomic E-state index is 0. The molecule has 0 aliphatic heterocycles. The highest BCUT2D eigenvalue weighted by Crippen LogP contribution is 2.04. The Labute approximate surface area is 159 Å². The molecule has 7 heteroatoms. The number of furan rings is 1. The average Bonchev–Trinajstić information content (AvgIpc) is 3.11. The second kappa shape index (κ2) is 10.7. The van der Waals surface area contributed by atoms with Crippen molar-refractivity contribution in [3.05, 3.63) is 59.5 Å². The summed E-state index contributed by atoms with van der Waals surface area (Å²) in [7, 11) is 3.35. The number of halogens is 1. The van der Waals surface area contributed by atoms with Crippen molar-refractivity contribution in [2.45, 2.75) is 13.0 Å². The fraction of sp³-hybridized carbons (Fsp3) is 0.294. The van der Waals surface area contributed by atoms with E-state index in [1.165, 1.54) is 0 Å². The molecule has 3 N–H and O–H groups in total. The molecular formula is C17H23IN4O2. The van der Waals surface area contributed by atoms with E-state index in [9.17, 15) is 4.79 Å². The highest BCUT2D eigenvalue weighted by Gasteiger charge is 2.03. The molecule has 0 aliphatic carbocycles. The third-order valence-corrected chi connectivity index (χ3v) is 3.37. The van der Waals surface area contributed by atoms with Crippen molar-refractivity contribution in [3.8, 4) is 0 Å². The Hall–Kier alpha value is -2.03. The maximum absolute atomic E-state index is 11.5. The molecule has 0 radical (unpaired) electrons. The maximum Gasteiger partial charge on any atom is 0.251 e. The van der Waals surface area contributed by atoms with Crippen LogP contribution in [0.4, 0.5) is 0 Å². The number of aliphatic imine (C=N–C) groups is 1. The highest BCUT2D eigenvalue weighted by molar-refractivity contribution is 14.0. The lowest BCUT2D eigenvalue weighted by molar-refractivity contribution is 0.0963. The largest absolute Gasteiger partial charge is 0.469 e. The molecule has 1 amide bonds. The van der Waals surface area contributed by atoms with Gasteiger partial charge in [-0.1, -0.05) is 12.1 Å². The van der Waals surface area contributed by atoms with Gasteiger partial charge < -0.3 is 20.4 Å². The van der Waals surface area contributed by atoms with E-state index in [2.05, 4.69) is 20.9 Å². The number of carbonyl (C=O) groups is 1. The number of nitrogens with one attached hydrogen (secondary N) is 3. The van der Waals surface area contributed by atoms with Gasteiger partial charge in [0.2, 0.25) is 0 Å². The van der Waals surface area contributed by atoms with Crippen LogP contribution in [-0.2, 0) is 13.0 Å². The van der Waals surface area contributed by atoms with E-state index < -0.39 is 0 Å². The first-order valence-electron chi connectivity index (χ1n) is 7.51. The quantitative estimate of drug-likeness (QED) is 0.364. The number of amides is 1. The van der Waals surface area contributed by atoms with Crippen LogP contribution in [0.25, 0.3) is 0 Å². The summed E-state index contributed by atoms with van der Waals surface area (Å²) in [4.78, 5) is 15.7. The number of benzene rings is 1. The second-order valence-corrected chi connectivity index (χ2v) is 4.96. The van der Waals surface area contributed by atoms with Gasteiger partial charge in [-0.3, -0.25) is 9.79 Å². The first-order chi connectivity index (χ1) is 11.2. The van der Waals surface area contributed by atoms with Crippen LogP contribution in [0, 0.1) is 0 Å². The summed E-state index contributed by atoms with van der Waals surface area (Å²) < 4.78 is 5.29. The molecule has 24 heavy (non-hydrogen) atoms. The lowest BCUT2D eigenvalue weighted by atomic mass is 10.1. The van der Waals surface area contributed by atoms with Crippen LogP contribution in [0.5, 0.6) is 0 Å². The third kappa shape index (κ3) is 6.23. The first kappa shape index (κ1) is 20.0. The molecule has 0 aliphatic rings. The number of nitrogens with zero attached hydrogens (tertiary/aromatic N) is 1. The smallest absolute Gasteiger partial charge is 0.251 e. The summed E-state index contributed by atoms with van der Waals surface area (Å²) in [5.74, 6) is 1.59. The zero-order valence-electron chi connectivity index (χ0n) is 13.8. The summed E-state index contributed by atoms with van der Waals surface area (Å²) in [5.41, 5.74) is 1.73. The van der Waals surface area contributed by atoms with Crippen molar-refractivity contribution in [2.24, 2.45) is 4.99 Å². The Morgan fingerprint density at radius 3 is 2.50 bits per heavy atom. The summed E-state index contributed by atoms with van der Waals surface area (Å²) in [6.07, 6.45) is 2.47. The van der Waals surface area contributed by atoms with E-state index >= 15 is 0 Å². The average molecular weight is 442 g/mol. The van der Waals surface area contributed by atoms with Crippen molar-refractivity contribution in [1.82, 2.24) is 16.0 Å². The molecule has 2 aromatic rings. The second-order valence-electron chi connectivity index (χ2n) is 4.96. The van der Waals surface area contributed by atoms with E-state index in [1.54, 1.807) is 20.4 Å². The van der Waals surface area contributed by atoms with Crippen LogP contribution in [-0.4, -0.2) is 32.5 Å². The van der Waals surface area contributed by atoms with Gasteiger partial charge in [0, 0.05) is 39.2 Å². The summed E-state index contributed by atoms with van der Waals surface area (Å²) in [5, 5.41) is 9.07. The molecule has 1 aromatic heterocycles. The molecule has 0 saturated heterocycles. The predicted molar refractivity (Wildman–Crippen MR) is 106 cm³/mol. The van der Waals surface area contributed by atoms with Gasteiger partial charge in [-0.05, 0) is 29.8 Å². The van der Waals surface area contributed by atoms with Gasteiger partial charge in [0.15, 0.2) is 5.96 Å². The van der Waals surface area contributed by atoms with Gasteiger partial charge in [0.05, 0.1) is 6.26 Å². The van der Waals surface area contributed by atoms with Crippen LogP contribution in [0.2, 0.25) is 0 Å². The molecule has 1 heterocycles. The van der Waals surface area contributed by atoms with Gasteiger partial charge in [0.1, 0.15) is 5.76 Å². The van der Waals surface area contributed by atoms with Crippen molar-refractivity contribution >= 4 is 35.8 Å². The van der Waals surface area contributed by atoms with Gasteiger partial charge in [-0.25, -0.2) is 0 Å². The van der Waals surface area contributed by atoms with Crippen LogP contribution in [0.15, 0.2) is 52.1 Å². The summed E-state index contributed by atoms with van der Waals surface area (Å²) >= 11 is 0. The Morgan fingerprint density at radius 1 is 1.17 bits per heavy atom. The number of rotatable bonds is 6. The standard InChI is InChI=1S/C17H22N4O2.HI/c1-18-16(22)14-7-5-13(6-8-14)12-21-17(19-2)20-10-9-15-4-3-11-23-15;/h3-8,11H,9-10,12H2,1-2H3,(H,18,22)(H2,19,20,21);1H. The van der Waals surface area contributed by atoms with E-state index in [4.69, 9.17) is 4.42 Å². The monoisotopic (exact) mass is 442 g/mol. The number of hydrogen-bond acceptors (Lipinski definition) is 3. The maximum atomic E-state index is 11.5. The lowest BCUT2D eigenvalue weighted by Crippen LogP contribution is -2.37. The number of guanidine groups is 1. The molecule has 0 spiro atoms. The summed E-state index contributed by atoms with van der Waals surface area (Å²) in [6.45, 7) is 1.37. The molecule has 1 aromatic carbocycles. The lowest BCUT2D eigenvalue weighted by Gasteiger charge is -2.11. The van der Waals surface area contributed by atoms with E-state index in [-0.39, 0.29) is 29.9 Å². The van der Waals surface area contributed by atoms with E-state index in [1.807, 2.05) is 36.4 Å². The minimum atomic E-state index is -0.0834. The zero-order valence-corrected chi connectivity index (χ0v) is 16.2. The molecule has 6 nitrogen and oxygen atoms in total.